The van der Waals surface area contributed by atoms with Crippen LogP contribution in [-0.2, 0) is 4.79 Å². The van der Waals surface area contributed by atoms with Gasteiger partial charge in [0, 0.05) is 12.7 Å². The smallest absolute Gasteiger partial charge is 0.246 e. The zero-order chi connectivity index (χ0) is 14.0. The van der Waals surface area contributed by atoms with Crippen molar-refractivity contribution >= 4 is 22.4 Å². The summed E-state index contributed by atoms with van der Waals surface area (Å²) in [5.74, 6) is -0.297. The second kappa shape index (κ2) is 5.38. The van der Waals surface area contributed by atoms with Gasteiger partial charge in [-0.1, -0.05) is 29.8 Å². The second-order valence-corrected chi connectivity index (χ2v) is 4.72. The molecule has 0 heterocycles. The van der Waals surface area contributed by atoms with E-state index in [1.54, 1.807) is 7.05 Å². The van der Waals surface area contributed by atoms with Crippen LogP contribution in [0.3, 0.4) is 0 Å². The van der Waals surface area contributed by atoms with E-state index in [0.29, 0.717) is 0 Å². The van der Waals surface area contributed by atoms with Crippen LogP contribution >= 0.6 is 0 Å². The van der Waals surface area contributed by atoms with Crippen LogP contribution < -0.4 is 10.6 Å². The fourth-order valence-electron chi connectivity index (χ4n) is 2.02. The Bertz CT molecular complexity index is 610. The predicted molar refractivity (Wildman–Crippen MR) is 77.2 cm³/mol. The highest BCUT2D eigenvalue weighted by molar-refractivity contribution is 5.98. The average molecular weight is 258 g/mol. The van der Waals surface area contributed by atoms with Gasteiger partial charge in [-0.05, 0) is 29.8 Å². The standard InChI is InChI=1S/C15H18N2O2/c1-10-3-4-12-8-13(6-5-11(12)7-10)17(2)15(19)14(16)9-18/h3-8,14,18H,9,16H2,1-2H3. The monoisotopic (exact) mass is 258 g/mol. The van der Waals surface area contributed by atoms with Crippen molar-refractivity contribution in [1.29, 1.82) is 0 Å². The van der Waals surface area contributed by atoms with E-state index in [1.807, 2.05) is 37.3 Å². The highest BCUT2D eigenvalue weighted by Gasteiger charge is 2.18. The van der Waals surface area contributed by atoms with Crippen molar-refractivity contribution in [2.75, 3.05) is 18.6 Å². The van der Waals surface area contributed by atoms with Gasteiger partial charge in [0.15, 0.2) is 0 Å². The van der Waals surface area contributed by atoms with E-state index in [1.165, 1.54) is 10.5 Å². The lowest BCUT2D eigenvalue weighted by molar-refractivity contribution is -0.120. The minimum Gasteiger partial charge on any atom is -0.394 e. The first-order valence-corrected chi connectivity index (χ1v) is 6.17. The molecule has 3 N–H and O–H groups in total. The second-order valence-electron chi connectivity index (χ2n) is 4.72. The summed E-state index contributed by atoms with van der Waals surface area (Å²) in [7, 11) is 1.66. The molecule has 2 aromatic rings. The molecule has 2 rings (SSSR count). The molecular weight excluding hydrogens is 240 g/mol. The number of carbonyl (C=O) groups is 1. The van der Waals surface area contributed by atoms with E-state index in [-0.39, 0.29) is 12.5 Å². The highest BCUT2D eigenvalue weighted by atomic mass is 16.3. The molecule has 4 heteroatoms. The van der Waals surface area contributed by atoms with E-state index in [0.717, 1.165) is 16.5 Å². The van der Waals surface area contributed by atoms with Crippen LogP contribution in [-0.4, -0.2) is 30.7 Å². The van der Waals surface area contributed by atoms with Crippen molar-refractivity contribution < 1.29 is 9.90 Å². The van der Waals surface area contributed by atoms with Gasteiger partial charge in [0.25, 0.3) is 0 Å². The minimum absolute atomic E-state index is 0.297. The van der Waals surface area contributed by atoms with Crippen LogP contribution in [0.25, 0.3) is 10.8 Å². The Kier molecular flexibility index (Phi) is 3.83. The number of aryl methyl sites for hydroxylation is 1. The van der Waals surface area contributed by atoms with Gasteiger partial charge < -0.3 is 15.7 Å². The number of aliphatic hydroxyl groups is 1. The third-order valence-electron chi connectivity index (χ3n) is 3.21. The van der Waals surface area contributed by atoms with Gasteiger partial charge >= 0.3 is 0 Å². The molecule has 19 heavy (non-hydrogen) atoms. The SMILES string of the molecule is Cc1ccc2cc(N(C)C(=O)C(N)CO)ccc2c1. The largest absolute Gasteiger partial charge is 0.394 e. The molecule has 2 aromatic carbocycles. The third-order valence-corrected chi connectivity index (χ3v) is 3.21. The number of hydrogen-bond acceptors (Lipinski definition) is 3. The van der Waals surface area contributed by atoms with E-state index < -0.39 is 6.04 Å². The molecule has 0 bridgehead atoms. The lowest BCUT2D eigenvalue weighted by atomic mass is 10.1. The molecule has 0 fully saturated rings. The van der Waals surface area contributed by atoms with Gasteiger partial charge in [-0.15, -0.1) is 0 Å². The van der Waals surface area contributed by atoms with Crippen molar-refractivity contribution in [3.05, 3.63) is 42.0 Å². The summed E-state index contributed by atoms with van der Waals surface area (Å²) in [4.78, 5) is 13.4. The molecule has 1 atom stereocenters. The van der Waals surface area contributed by atoms with E-state index >= 15 is 0 Å². The quantitative estimate of drug-likeness (QED) is 0.875. The Hall–Kier alpha value is -1.91. The van der Waals surface area contributed by atoms with Crippen LogP contribution in [0.2, 0.25) is 0 Å². The first-order chi connectivity index (χ1) is 9.02. The first-order valence-electron chi connectivity index (χ1n) is 6.17. The molecule has 0 radical (unpaired) electrons. The Balaban J connectivity index is 2.35. The summed E-state index contributed by atoms with van der Waals surface area (Å²) in [6.07, 6.45) is 0. The summed E-state index contributed by atoms with van der Waals surface area (Å²) in [5, 5.41) is 11.1. The molecule has 100 valence electrons. The first kappa shape index (κ1) is 13.5. The highest BCUT2D eigenvalue weighted by Crippen LogP contribution is 2.22. The summed E-state index contributed by atoms with van der Waals surface area (Å²) in [6.45, 7) is 1.69. The molecule has 0 aliphatic heterocycles. The van der Waals surface area contributed by atoms with Gasteiger partial charge in [-0.3, -0.25) is 4.79 Å². The Morgan fingerprint density at radius 1 is 1.26 bits per heavy atom. The van der Waals surface area contributed by atoms with Crippen molar-refractivity contribution in [2.45, 2.75) is 13.0 Å². The van der Waals surface area contributed by atoms with Crippen LogP contribution in [0, 0.1) is 6.92 Å². The third kappa shape index (κ3) is 2.75. The van der Waals surface area contributed by atoms with Crippen molar-refractivity contribution in [2.24, 2.45) is 5.73 Å². The van der Waals surface area contributed by atoms with E-state index in [9.17, 15) is 4.79 Å². The summed E-state index contributed by atoms with van der Waals surface area (Å²) in [5.41, 5.74) is 7.52. The number of anilines is 1. The number of aliphatic hydroxyl groups excluding tert-OH is 1. The van der Waals surface area contributed by atoms with Gasteiger partial charge in [0.05, 0.1) is 6.61 Å². The number of fused-ring (bicyclic) bond motifs is 1. The molecule has 1 unspecified atom stereocenters. The van der Waals surface area contributed by atoms with Gasteiger partial charge in [-0.2, -0.15) is 0 Å². The molecule has 4 nitrogen and oxygen atoms in total. The average Bonchev–Trinajstić information content (AvgIpc) is 2.44. The van der Waals surface area contributed by atoms with Gasteiger partial charge in [-0.25, -0.2) is 0 Å². The van der Waals surface area contributed by atoms with Gasteiger partial charge in [0.2, 0.25) is 5.91 Å². The Labute approximate surface area is 112 Å². The van der Waals surface area contributed by atoms with Crippen LogP contribution in [0.4, 0.5) is 5.69 Å². The number of carbonyl (C=O) groups excluding carboxylic acids is 1. The number of likely N-dealkylation sites (N-methyl/N-ethyl adjacent to an activating group) is 1. The Morgan fingerprint density at radius 3 is 2.58 bits per heavy atom. The minimum atomic E-state index is -0.876. The number of rotatable bonds is 3. The zero-order valence-electron chi connectivity index (χ0n) is 11.1. The van der Waals surface area contributed by atoms with Crippen molar-refractivity contribution in [3.8, 4) is 0 Å². The molecule has 0 aromatic heterocycles. The number of amides is 1. The molecule has 0 saturated carbocycles. The maximum absolute atomic E-state index is 11.9. The lowest BCUT2D eigenvalue weighted by Crippen LogP contribution is -2.44. The molecule has 0 spiro atoms. The van der Waals surface area contributed by atoms with E-state index in [4.69, 9.17) is 10.8 Å². The van der Waals surface area contributed by atoms with Crippen LogP contribution in [0.1, 0.15) is 5.56 Å². The van der Waals surface area contributed by atoms with Crippen LogP contribution in [0.5, 0.6) is 0 Å². The fourth-order valence-corrected chi connectivity index (χ4v) is 2.02. The molecule has 0 aliphatic carbocycles. The lowest BCUT2D eigenvalue weighted by Gasteiger charge is -2.20. The van der Waals surface area contributed by atoms with Crippen molar-refractivity contribution in [3.63, 3.8) is 0 Å². The topological polar surface area (TPSA) is 66.6 Å². The Morgan fingerprint density at radius 2 is 1.89 bits per heavy atom. The summed E-state index contributed by atoms with van der Waals surface area (Å²) in [6, 6.07) is 11.1. The predicted octanol–water partition coefficient (Wildman–Crippen LogP) is 1.43. The number of nitrogens with two attached hydrogens (primary N) is 1. The summed E-state index contributed by atoms with van der Waals surface area (Å²) >= 11 is 0. The summed E-state index contributed by atoms with van der Waals surface area (Å²) < 4.78 is 0. The molecule has 0 aliphatic rings. The number of nitrogens with zero attached hydrogens (tertiary/aromatic N) is 1. The van der Waals surface area contributed by atoms with Gasteiger partial charge in [0.1, 0.15) is 6.04 Å². The number of hydrogen-bond donors (Lipinski definition) is 2. The maximum Gasteiger partial charge on any atom is 0.246 e. The fraction of sp³-hybridized carbons (Fsp3) is 0.267. The molecule has 1 amide bonds. The van der Waals surface area contributed by atoms with Crippen LogP contribution in [0.15, 0.2) is 36.4 Å². The normalized spacial score (nSPS) is 12.4. The number of benzene rings is 2. The molecule has 0 saturated heterocycles. The van der Waals surface area contributed by atoms with Crippen molar-refractivity contribution in [1.82, 2.24) is 0 Å². The zero-order valence-corrected chi connectivity index (χ0v) is 11.1. The maximum atomic E-state index is 11.9. The molecular formula is C15H18N2O2. The van der Waals surface area contributed by atoms with E-state index in [2.05, 4.69) is 6.07 Å².